The monoisotopic (exact) mass is 289 g/mol. The maximum absolute atomic E-state index is 12.3. The molecule has 0 bridgehead atoms. The highest BCUT2D eigenvalue weighted by Crippen LogP contribution is 2.25. The number of carbonyl (C=O) groups is 1. The molecule has 5 nitrogen and oxygen atoms in total. The van der Waals surface area contributed by atoms with Crippen LogP contribution in [0, 0.1) is 0 Å². The van der Waals surface area contributed by atoms with Crippen LogP contribution in [-0.4, -0.2) is 15.5 Å². The lowest BCUT2D eigenvalue weighted by Crippen LogP contribution is -2.32. The van der Waals surface area contributed by atoms with Gasteiger partial charge in [0, 0.05) is 11.8 Å². The molecule has 6 heteroatoms. The summed E-state index contributed by atoms with van der Waals surface area (Å²) in [7, 11) is 0. The SMILES string of the molecule is O=C1Nc2ccccc2CCC1n1cnc(Cl)cc1=O. The number of carbonyl (C=O) groups excluding carboxylic acids is 1. The van der Waals surface area contributed by atoms with Crippen molar-refractivity contribution < 1.29 is 4.79 Å². The molecule has 1 amide bonds. The van der Waals surface area contributed by atoms with E-state index in [2.05, 4.69) is 10.3 Å². The highest BCUT2D eigenvalue weighted by Gasteiger charge is 2.25. The van der Waals surface area contributed by atoms with Crippen molar-refractivity contribution >= 4 is 23.2 Å². The van der Waals surface area contributed by atoms with E-state index in [1.807, 2.05) is 24.3 Å². The molecule has 0 fully saturated rings. The minimum atomic E-state index is -0.570. The third-order valence-electron chi connectivity index (χ3n) is 3.40. The molecule has 1 aliphatic rings. The highest BCUT2D eigenvalue weighted by atomic mass is 35.5. The topological polar surface area (TPSA) is 64.0 Å². The van der Waals surface area contributed by atoms with E-state index in [1.165, 1.54) is 17.0 Å². The summed E-state index contributed by atoms with van der Waals surface area (Å²) < 4.78 is 1.33. The molecule has 1 aromatic carbocycles. The summed E-state index contributed by atoms with van der Waals surface area (Å²) in [4.78, 5) is 28.1. The van der Waals surface area contributed by atoms with Crippen molar-refractivity contribution in [3.63, 3.8) is 0 Å². The quantitative estimate of drug-likeness (QED) is 0.817. The Balaban J connectivity index is 1.97. The van der Waals surface area contributed by atoms with Crippen molar-refractivity contribution in [1.29, 1.82) is 0 Å². The molecule has 0 radical (unpaired) electrons. The molecule has 1 aliphatic heterocycles. The van der Waals surface area contributed by atoms with Gasteiger partial charge in [-0.25, -0.2) is 4.98 Å². The van der Waals surface area contributed by atoms with Gasteiger partial charge in [0.2, 0.25) is 5.91 Å². The van der Waals surface area contributed by atoms with Gasteiger partial charge in [0.25, 0.3) is 5.56 Å². The Morgan fingerprint density at radius 1 is 1.30 bits per heavy atom. The largest absolute Gasteiger partial charge is 0.324 e. The number of nitrogens with zero attached hydrogens (tertiary/aromatic N) is 2. The molecule has 2 aromatic rings. The number of halogens is 1. The second-order valence-electron chi connectivity index (χ2n) is 4.66. The number of aromatic nitrogens is 2. The molecule has 3 rings (SSSR count). The number of amides is 1. The van der Waals surface area contributed by atoms with Crippen LogP contribution >= 0.6 is 11.6 Å². The second-order valence-corrected chi connectivity index (χ2v) is 5.05. The van der Waals surface area contributed by atoms with Crippen LogP contribution in [0.3, 0.4) is 0 Å². The van der Waals surface area contributed by atoms with Crippen LogP contribution in [-0.2, 0) is 11.2 Å². The summed E-state index contributed by atoms with van der Waals surface area (Å²) in [5.41, 5.74) is 1.55. The molecule has 1 N–H and O–H groups in total. The van der Waals surface area contributed by atoms with E-state index in [0.717, 1.165) is 11.3 Å². The molecule has 1 aromatic heterocycles. The summed E-state index contributed by atoms with van der Waals surface area (Å²) >= 11 is 5.67. The average molecular weight is 290 g/mol. The van der Waals surface area contributed by atoms with Gasteiger partial charge in [-0.15, -0.1) is 0 Å². The molecular formula is C14H12ClN3O2. The van der Waals surface area contributed by atoms with Crippen LogP contribution in [0.1, 0.15) is 18.0 Å². The van der Waals surface area contributed by atoms with Crippen LogP contribution in [0.25, 0.3) is 0 Å². The lowest BCUT2D eigenvalue weighted by Gasteiger charge is -2.15. The smallest absolute Gasteiger partial charge is 0.255 e. The third-order valence-corrected chi connectivity index (χ3v) is 3.61. The second kappa shape index (κ2) is 5.09. The molecule has 0 spiro atoms. The number of hydrogen-bond acceptors (Lipinski definition) is 3. The molecular weight excluding hydrogens is 278 g/mol. The van der Waals surface area contributed by atoms with Gasteiger partial charge in [0.15, 0.2) is 0 Å². The van der Waals surface area contributed by atoms with E-state index in [4.69, 9.17) is 11.6 Å². The molecule has 1 atom stereocenters. The maximum Gasteiger partial charge on any atom is 0.255 e. The minimum Gasteiger partial charge on any atom is -0.324 e. The minimum absolute atomic E-state index is 0.128. The summed E-state index contributed by atoms with van der Waals surface area (Å²) in [5, 5.41) is 2.98. The average Bonchev–Trinajstić information content (AvgIpc) is 2.58. The first-order chi connectivity index (χ1) is 9.65. The summed E-state index contributed by atoms with van der Waals surface area (Å²) in [5.74, 6) is -0.207. The van der Waals surface area contributed by atoms with Crippen LogP contribution in [0.15, 0.2) is 41.5 Å². The van der Waals surface area contributed by atoms with Crippen LogP contribution in [0.4, 0.5) is 5.69 Å². The molecule has 20 heavy (non-hydrogen) atoms. The predicted molar refractivity (Wildman–Crippen MR) is 75.9 cm³/mol. The van der Waals surface area contributed by atoms with Gasteiger partial charge in [0.05, 0.1) is 6.33 Å². The van der Waals surface area contributed by atoms with Gasteiger partial charge in [0.1, 0.15) is 11.2 Å². The van der Waals surface area contributed by atoms with Crippen molar-refractivity contribution in [2.45, 2.75) is 18.9 Å². The number of hydrogen-bond donors (Lipinski definition) is 1. The molecule has 2 heterocycles. The van der Waals surface area contributed by atoms with Crippen LogP contribution < -0.4 is 10.9 Å². The fraction of sp³-hybridized carbons (Fsp3) is 0.214. The Morgan fingerprint density at radius 2 is 2.10 bits per heavy atom. The summed E-state index contributed by atoms with van der Waals surface area (Å²) in [6.45, 7) is 0. The fourth-order valence-corrected chi connectivity index (χ4v) is 2.52. The Hall–Kier alpha value is -2.14. The molecule has 0 saturated heterocycles. The number of fused-ring (bicyclic) bond motifs is 1. The standard InChI is InChI=1S/C14H12ClN3O2/c15-12-7-13(19)18(8-16-12)11-6-5-9-3-1-2-4-10(9)17-14(11)20/h1-4,7-8,11H,5-6H2,(H,17,20). The van der Waals surface area contributed by atoms with Crippen molar-refractivity contribution in [1.82, 2.24) is 9.55 Å². The first-order valence-corrected chi connectivity index (χ1v) is 6.65. The number of benzene rings is 1. The number of nitrogens with one attached hydrogen (secondary N) is 1. The normalized spacial score (nSPS) is 18.1. The Morgan fingerprint density at radius 3 is 2.90 bits per heavy atom. The van der Waals surface area contributed by atoms with Crippen LogP contribution in [0.2, 0.25) is 5.15 Å². The first kappa shape index (κ1) is 12.9. The zero-order valence-electron chi connectivity index (χ0n) is 10.5. The van der Waals surface area contributed by atoms with E-state index >= 15 is 0 Å². The van der Waals surface area contributed by atoms with Gasteiger partial charge in [-0.2, -0.15) is 0 Å². The zero-order valence-corrected chi connectivity index (χ0v) is 11.3. The zero-order chi connectivity index (χ0) is 14.1. The fourth-order valence-electron chi connectivity index (χ4n) is 2.39. The van der Waals surface area contributed by atoms with Crippen molar-refractivity contribution in [2.24, 2.45) is 0 Å². The Kier molecular flexibility index (Phi) is 3.28. The van der Waals surface area contributed by atoms with Crippen LogP contribution in [0.5, 0.6) is 0 Å². The van der Waals surface area contributed by atoms with Gasteiger partial charge in [-0.1, -0.05) is 29.8 Å². The molecule has 0 aliphatic carbocycles. The van der Waals surface area contributed by atoms with E-state index in [1.54, 1.807) is 0 Å². The molecule has 102 valence electrons. The number of rotatable bonds is 1. The molecule has 1 unspecified atom stereocenters. The number of aryl methyl sites for hydroxylation is 1. The lowest BCUT2D eigenvalue weighted by molar-refractivity contribution is -0.119. The van der Waals surface area contributed by atoms with Gasteiger partial charge in [-0.05, 0) is 24.5 Å². The van der Waals surface area contributed by atoms with E-state index in [9.17, 15) is 9.59 Å². The summed E-state index contributed by atoms with van der Waals surface area (Å²) in [6, 6.07) is 8.28. The first-order valence-electron chi connectivity index (χ1n) is 6.27. The Labute approximate surface area is 120 Å². The van der Waals surface area contributed by atoms with Crippen molar-refractivity contribution in [3.05, 3.63) is 57.7 Å². The maximum atomic E-state index is 12.3. The summed E-state index contributed by atoms with van der Waals surface area (Å²) in [6.07, 6.45) is 2.59. The number of para-hydroxylation sites is 1. The molecule has 0 saturated carbocycles. The lowest BCUT2D eigenvalue weighted by atomic mass is 10.1. The van der Waals surface area contributed by atoms with E-state index in [0.29, 0.717) is 12.8 Å². The highest BCUT2D eigenvalue weighted by molar-refractivity contribution is 6.29. The van der Waals surface area contributed by atoms with Crippen molar-refractivity contribution in [3.8, 4) is 0 Å². The van der Waals surface area contributed by atoms with E-state index < -0.39 is 6.04 Å². The van der Waals surface area contributed by atoms with Crippen molar-refractivity contribution in [2.75, 3.05) is 5.32 Å². The predicted octanol–water partition coefficient (Wildman–Crippen LogP) is 2.02. The third kappa shape index (κ3) is 2.32. The van der Waals surface area contributed by atoms with Gasteiger partial charge in [-0.3, -0.25) is 14.2 Å². The van der Waals surface area contributed by atoms with E-state index in [-0.39, 0.29) is 16.6 Å². The van der Waals surface area contributed by atoms with Gasteiger partial charge >= 0.3 is 0 Å². The van der Waals surface area contributed by atoms with Gasteiger partial charge < -0.3 is 5.32 Å². The number of anilines is 1. The Bertz CT molecular complexity index is 726.